The molecule has 0 aromatic carbocycles. The first-order valence-electron chi connectivity index (χ1n) is 7.51. The molecule has 0 spiro atoms. The Bertz CT molecular complexity index is 424. The number of rotatable bonds is 5. The zero-order valence-corrected chi connectivity index (χ0v) is 13.9. The SMILES string of the molecule is Cc1ccnc(N2CCCN(CCCCN)CC2)c1Br. The van der Waals surface area contributed by atoms with Gasteiger partial charge in [-0.05, 0) is 73.4 Å². The molecule has 1 saturated heterocycles. The molecule has 1 aliphatic heterocycles. The van der Waals surface area contributed by atoms with Crippen LogP contribution >= 0.6 is 15.9 Å². The second kappa shape index (κ2) is 7.96. The Morgan fingerprint density at radius 3 is 2.90 bits per heavy atom. The lowest BCUT2D eigenvalue weighted by Gasteiger charge is -2.24. The van der Waals surface area contributed by atoms with E-state index in [-0.39, 0.29) is 0 Å². The normalized spacial score (nSPS) is 17.2. The molecule has 0 bridgehead atoms. The number of pyridine rings is 1. The predicted octanol–water partition coefficient (Wildman–Crippen LogP) is 2.40. The summed E-state index contributed by atoms with van der Waals surface area (Å²) in [4.78, 5) is 9.51. The number of anilines is 1. The Morgan fingerprint density at radius 1 is 1.25 bits per heavy atom. The topological polar surface area (TPSA) is 45.4 Å². The summed E-state index contributed by atoms with van der Waals surface area (Å²) in [5, 5.41) is 0. The Labute approximate surface area is 130 Å². The summed E-state index contributed by atoms with van der Waals surface area (Å²) < 4.78 is 1.14. The minimum atomic E-state index is 0.806. The quantitative estimate of drug-likeness (QED) is 0.836. The molecule has 1 fully saturated rings. The molecule has 2 rings (SSSR count). The monoisotopic (exact) mass is 340 g/mol. The summed E-state index contributed by atoms with van der Waals surface area (Å²) in [6.07, 6.45) is 5.44. The first-order valence-corrected chi connectivity index (χ1v) is 8.30. The maximum Gasteiger partial charge on any atom is 0.143 e. The van der Waals surface area contributed by atoms with Crippen molar-refractivity contribution in [1.29, 1.82) is 0 Å². The van der Waals surface area contributed by atoms with Gasteiger partial charge >= 0.3 is 0 Å². The number of nitrogens with zero attached hydrogens (tertiary/aromatic N) is 3. The van der Waals surface area contributed by atoms with Gasteiger partial charge in [0.25, 0.3) is 0 Å². The van der Waals surface area contributed by atoms with Gasteiger partial charge in [0.1, 0.15) is 5.82 Å². The van der Waals surface area contributed by atoms with Crippen LogP contribution in [0.3, 0.4) is 0 Å². The molecule has 0 unspecified atom stereocenters. The Morgan fingerprint density at radius 2 is 2.10 bits per heavy atom. The average Bonchev–Trinajstić information content (AvgIpc) is 2.68. The van der Waals surface area contributed by atoms with Crippen LogP contribution in [0.5, 0.6) is 0 Å². The molecule has 1 aromatic heterocycles. The molecule has 0 saturated carbocycles. The number of aromatic nitrogens is 1. The first-order chi connectivity index (χ1) is 9.72. The van der Waals surface area contributed by atoms with E-state index in [4.69, 9.17) is 5.73 Å². The van der Waals surface area contributed by atoms with E-state index in [1.54, 1.807) is 0 Å². The average molecular weight is 341 g/mol. The summed E-state index contributed by atoms with van der Waals surface area (Å²) in [5.41, 5.74) is 6.81. The van der Waals surface area contributed by atoms with Crippen molar-refractivity contribution >= 4 is 21.7 Å². The third-order valence-electron chi connectivity index (χ3n) is 3.88. The van der Waals surface area contributed by atoms with E-state index in [9.17, 15) is 0 Å². The van der Waals surface area contributed by atoms with E-state index >= 15 is 0 Å². The fraction of sp³-hybridized carbons (Fsp3) is 0.667. The van der Waals surface area contributed by atoms with Crippen molar-refractivity contribution in [2.75, 3.05) is 44.2 Å². The number of nitrogens with two attached hydrogens (primary N) is 1. The molecule has 0 radical (unpaired) electrons. The van der Waals surface area contributed by atoms with Crippen LogP contribution in [0.4, 0.5) is 5.82 Å². The molecule has 1 aromatic rings. The lowest BCUT2D eigenvalue weighted by molar-refractivity contribution is 0.288. The number of hydrogen-bond acceptors (Lipinski definition) is 4. The number of unbranched alkanes of at least 4 members (excludes halogenated alkanes) is 1. The minimum absolute atomic E-state index is 0.806. The summed E-state index contributed by atoms with van der Waals surface area (Å²) in [6.45, 7) is 8.54. The van der Waals surface area contributed by atoms with Crippen LogP contribution < -0.4 is 10.6 Å². The van der Waals surface area contributed by atoms with Crippen molar-refractivity contribution in [2.24, 2.45) is 5.73 Å². The van der Waals surface area contributed by atoms with E-state index in [0.29, 0.717) is 0 Å². The van der Waals surface area contributed by atoms with Crippen molar-refractivity contribution in [3.63, 3.8) is 0 Å². The third kappa shape index (κ3) is 4.17. The van der Waals surface area contributed by atoms with Gasteiger partial charge in [-0.25, -0.2) is 4.98 Å². The van der Waals surface area contributed by atoms with Crippen molar-refractivity contribution in [1.82, 2.24) is 9.88 Å². The number of aryl methyl sites for hydroxylation is 1. The highest BCUT2D eigenvalue weighted by atomic mass is 79.9. The van der Waals surface area contributed by atoms with E-state index < -0.39 is 0 Å². The Balaban J connectivity index is 1.94. The number of halogens is 1. The molecule has 0 atom stereocenters. The van der Waals surface area contributed by atoms with Crippen molar-refractivity contribution in [2.45, 2.75) is 26.2 Å². The lowest BCUT2D eigenvalue weighted by Crippen LogP contribution is -2.32. The lowest BCUT2D eigenvalue weighted by atomic mass is 10.3. The molecular formula is C15H25BrN4. The van der Waals surface area contributed by atoms with Gasteiger partial charge in [-0.2, -0.15) is 0 Å². The van der Waals surface area contributed by atoms with Gasteiger partial charge in [-0.3, -0.25) is 0 Å². The van der Waals surface area contributed by atoms with Gasteiger partial charge in [0.15, 0.2) is 0 Å². The zero-order valence-electron chi connectivity index (χ0n) is 12.3. The van der Waals surface area contributed by atoms with Gasteiger partial charge in [0.05, 0.1) is 4.47 Å². The first kappa shape index (κ1) is 15.7. The van der Waals surface area contributed by atoms with Crippen LogP contribution in [0.2, 0.25) is 0 Å². The largest absolute Gasteiger partial charge is 0.354 e. The van der Waals surface area contributed by atoms with Crippen LogP contribution in [0, 0.1) is 6.92 Å². The van der Waals surface area contributed by atoms with Crippen LogP contribution in [0.25, 0.3) is 0 Å². The van der Waals surface area contributed by atoms with Gasteiger partial charge < -0.3 is 15.5 Å². The summed E-state index contributed by atoms with van der Waals surface area (Å²) >= 11 is 3.68. The van der Waals surface area contributed by atoms with Crippen molar-refractivity contribution in [3.05, 3.63) is 22.3 Å². The van der Waals surface area contributed by atoms with Gasteiger partial charge in [-0.15, -0.1) is 0 Å². The minimum Gasteiger partial charge on any atom is -0.354 e. The van der Waals surface area contributed by atoms with E-state index in [2.05, 4.69) is 37.6 Å². The standard InChI is InChI=1S/C15H25BrN4/c1-13-5-7-18-15(14(13)16)20-10-4-9-19(11-12-20)8-3-2-6-17/h5,7H,2-4,6,8-12,17H2,1H3. The molecule has 112 valence electrons. The van der Waals surface area contributed by atoms with Crippen LogP contribution in [-0.2, 0) is 0 Å². The predicted molar refractivity (Wildman–Crippen MR) is 88.2 cm³/mol. The van der Waals surface area contributed by atoms with E-state index in [1.807, 2.05) is 12.3 Å². The second-order valence-electron chi connectivity index (χ2n) is 5.44. The molecule has 4 nitrogen and oxygen atoms in total. The van der Waals surface area contributed by atoms with Crippen LogP contribution in [0.1, 0.15) is 24.8 Å². The fourth-order valence-corrected chi connectivity index (χ4v) is 3.12. The van der Waals surface area contributed by atoms with E-state index in [1.165, 1.54) is 31.5 Å². The molecule has 0 aliphatic carbocycles. The number of hydrogen-bond donors (Lipinski definition) is 1. The summed E-state index contributed by atoms with van der Waals surface area (Å²) in [7, 11) is 0. The van der Waals surface area contributed by atoms with Crippen molar-refractivity contribution in [3.8, 4) is 0 Å². The third-order valence-corrected chi connectivity index (χ3v) is 4.86. The van der Waals surface area contributed by atoms with Gasteiger partial charge in [-0.1, -0.05) is 0 Å². The van der Waals surface area contributed by atoms with Crippen molar-refractivity contribution < 1.29 is 0 Å². The molecule has 5 heteroatoms. The molecule has 1 aliphatic rings. The smallest absolute Gasteiger partial charge is 0.143 e. The summed E-state index contributed by atoms with van der Waals surface area (Å²) in [5.74, 6) is 1.09. The summed E-state index contributed by atoms with van der Waals surface area (Å²) in [6, 6.07) is 2.05. The fourth-order valence-electron chi connectivity index (χ4n) is 2.63. The Kier molecular flexibility index (Phi) is 6.26. The Hall–Kier alpha value is -0.650. The zero-order chi connectivity index (χ0) is 14.4. The van der Waals surface area contributed by atoms with E-state index in [0.717, 1.165) is 42.9 Å². The van der Waals surface area contributed by atoms with Crippen LogP contribution in [0.15, 0.2) is 16.7 Å². The van der Waals surface area contributed by atoms with Crippen LogP contribution in [-0.4, -0.2) is 49.2 Å². The molecule has 2 heterocycles. The molecule has 0 amide bonds. The second-order valence-corrected chi connectivity index (χ2v) is 6.24. The molecular weight excluding hydrogens is 316 g/mol. The molecule has 2 N–H and O–H groups in total. The highest BCUT2D eigenvalue weighted by Crippen LogP contribution is 2.27. The highest BCUT2D eigenvalue weighted by molar-refractivity contribution is 9.10. The highest BCUT2D eigenvalue weighted by Gasteiger charge is 2.18. The maximum atomic E-state index is 5.56. The molecule has 20 heavy (non-hydrogen) atoms. The van der Waals surface area contributed by atoms with Gasteiger partial charge in [0.2, 0.25) is 0 Å². The maximum absolute atomic E-state index is 5.56. The van der Waals surface area contributed by atoms with Gasteiger partial charge in [0, 0.05) is 25.8 Å².